The topological polar surface area (TPSA) is 80.1 Å². The molecule has 7 nitrogen and oxygen atoms in total. The molecule has 1 saturated heterocycles. The third-order valence-corrected chi connectivity index (χ3v) is 4.62. The lowest BCUT2D eigenvalue weighted by molar-refractivity contribution is -0.136. The monoisotopic (exact) mass is 391 g/mol. The number of likely N-dealkylation sites (tertiary alicyclic amines) is 1. The van der Waals surface area contributed by atoms with Crippen LogP contribution in [0.15, 0.2) is 36.5 Å². The van der Waals surface area contributed by atoms with Crippen molar-refractivity contribution >= 4 is 11.8 Å². The van der Waals surface area contributed by atoms with E-state index in [-0.39, 0.29) is 24.1 Å². The van der Waals surface area contributed by atoms with Gasteiger partial charge in [0.1, 0.15) is 0 Å². The van der Waals surface area contributed by atoms with Gasteiger partial charge in [-0.2, -0.15) is 0 Å². The van der Waals surface area contributed by atoms with Crippen molar-refractivity contribution in [1.29, 1.82) is 0 Å². The molecule has 0 spiro atoms. The molecule has 0 aliphatic carbocycles. The lowest BCUT2D eigenvalue weighted by atomic mass is 10.1. The van der Waals surface area contributed by atoms with Gasteiger partial charge in [0.05, 0.1) is 25.3 Å². The minimum Gasteiger partial charge on any atom is -0.347 e. The Hall–Kier alpha value is -2.84. The Balaban J connectivity index is 1.63. The average molecular weight is 391 g/mol. The quantitative estimate of drug-likeness (QED) is 0.818. The van der Waals surface area contributed by atoms with Crippen LogP contribution >= 0.6 is 0 Å². The summed E-state index contributed by atoms with van der Waals surface area (Å²) in [4.78, 5) is 25.7. The van der Waals surface area contributed by atoms with Crippen LogP contribution in [0.2, 0.25) is 0 Å². The van der Waals surface area contributed by atoms with Crippen LogP contribution in [0.3, 0.4) is 0 Å². The summed E-state index contributed by atoms with van der Waals surface area (Å²) >= 11 is 0. The predicted octanol–water partition coefficient (Wildman–Crippen LogP) is 2.10. The van der Waals surface area contributed by atoms with E-state index in [0.717, 1.165) is 5.56 Å². The molecule has 0 radical (unpaired) electrons. The maximum atomic E-state index is 13.9. The van der Waals surface area contributed by atoms with Crippen molar-refractivity contribution in [2.24, 2.45) is 5.92 Å². The predicted molar refractivity (Wildman–Crippen MR) is 97.5 cm³/mol. The number of halogens is 2. The molecule has 0 saturated carbocycles. The first-order valence-corrected chi connectivity index (χ1v) is 9.16. The van der Waals surface area contributed by atoms with Gasteiger partial charge in [-0.15, -0.1) is 5.10 Å². The molecular formula is C19H23F2N5O2. The normalized spacial score (nSPS) is 18.5. The van der Waals surface area contributed by atoms with Crippen LogP contribution in [0, 0.1) is 5.92 Å². The third kappa shape index (κ3) is 4.71. The zero-order valence-corrected chi connectivity index (χ0v) is 15.8. The molecule has 150 valence electrons. The van der Waals surface area contributed by atoms with Gasteiger partial charge in [-0.05, 0) is 5.56 Å². The van der Waals surface area contributed by atoms with E-state index < -0.39 is 30.8 Å². The van der Waals surface area contributed by atoms with E-state index >= 15 is 0 Å². The van der Waals surface area contributed by atoms with E-state index in [1.165, 1.54) is 15.8 Å². The first-order valence-electron chi connectivity index (χ1n) is 9.16. The highest BCUT2D eigenvalue weighted by atomic mass is 19.3. The molecule has 1 aromatic heterocycles. The highest BCUT2D eigenvalue weighted by Gasteiger charge is 2.47. The number of nitrogens with zero attached hydrogens (tertiary/aromatic N) is 4. The third-order valence-electron chi connectivity index (χ3n) is 4.62. The summed E-state index contributed by atoms with van der Waals surface area (Å²) in [5.74, 6) is -4.01. The summed E-state index contributed by atoms with van der Waals surface area (Å²) in [7, 11) is 0. The zero-order valence-electron chi connectivity index (χ0n) is 15.8. The fraction of sp³-hybridized carbons (Fsp3) is 0.474. The van der Waals surface area contributed by atoms with Gasteiger partial charge in [-0.3, -0.25) is 9.59 Å². The molecular weight excluding hydrogens is 368 g/mol. The molecule has 28 heavy (non-hydrogen) atoms. The summed E-state index contributed by atoms with van der Waals surface area (Å²) in [6, 6.07) is 8.72. The molecule has 2 aromatic rings. The second-order valence-corrected chi connectivity index (χ2v) is 7.33. The minimum atomic E-state index is -2.92. The highest BCUT2D eigenvalue weighted by Crippen LogP contribution is 2.33. The van der Waals surface area contributed by atoms with Crippen LogP contribution in [-0.2, 0) is 17.9 Å². The Morgan fingerprint density at radius 2 is 2.00 bits per heavy atom. The van der Waals surface area contributed by atoms with Gasteiger partial charge in [0.25, 0.3) is 11.8 Å². The van der Waals surface area contributed by atoms with Gasteiger partial charge in [0.15, 0.2) is 5.69 Å². The van der Waals surface area contributed by atoms with Crippen molar-refractivity contribution in [3.05, 3.63) is 47.8 Å². The second-order valence-electron chi connectivity index (χ2n) is 7.33. The van der Waals surface area contributed by atoms with Crippen LogP contribution in [0.4, 0.5) is 8.78 Å². The fourth-order valence-electron chi connectivity index (χ4n) is 3.23. The van der Waals surface area contributed by atoms with Crippen molar-refractivity contribution in [3.63, 3.8) is 0 Å². The number of amides is 2. The molecule has 2 heterocycles. The molecule has 1 aliphatic heterocycles. The summed E-state index contributed by atoms with van der Waals surface area (Å²) in [6.45, 7) is 3.18. The standard InChI is InChI=1S/C19H23F2N5O2/c1-13(2)18(28)26-12-19(20,21)8-15(26)10-25-11-16(23-24-25)17(27)22-9-14-6-4-3-5-7-14/h3-7,11,13,15H,8-10,12H2,1-2H3,(H,22,27)/t15-/m0/s1. The number of aromatic nitrogens is 3. The highest BCUT2D eigenvalue weighted by molar-refractivity contribution is 5.91. The minimum absolute atomic E-state index is 0.0625. The van der Waals surface area contributed by atoms with Gasteiger partial charge in [0, 0.05) is 18.9 Å². The van der Waals surface area contributed by atoms with E-state index in [9.17, 15) is 18.4 Å². The molecule has 0 bridgehead atoms. The van der Waals surface area contributed by atoms with Gasteiger partial charge in [-0.25, -0.2) is 13.5 Å². The number of carbonyl (C=O) groups is 2. The number of carbonyl (C=O) groups excluding carboxylic acids is 2. The Labute approximate surface area is 161 Å². The van der Waals surface area contributed by atoms with Gasteiger partial charge in [0.2, 0.25) is 5.91 Å². The Bertz CT molecular complexity index is 838. The van der Waals surface area contributed by atoms with Crippen LogP contribution in [-0.4, -0.2) is 50.2 Å². The molecule has 1 fully saturated rings. The van der Waals surface area contributed by atoms with Crippen LogP contribution in [0.5, 0.6) is 0 Å². The number of hydrogen-bond donors (Lipinski definition) is 1. The van der Waals surface area contributed by atoms with E-state index in [1.54, 1.807) is 13.8 Å². The smallest absolute Gasteiger partial charge is 0.273 e. The summed E-state index contributed by atoms with van der Waals surface area (Å²) in [5, 5.41) is 10.4. The molecule has 0 unspecified atom stereocenters. The van der Waals surface area contributed by atoms with Crippen molar-refractivity contribution in [3.8, 4) is 0 Å². The van der Waals surface area contributed by atoms with E-state index in [2.05, 4.69) is 15.6 Å². The van der Waals surface area contributed by atoms with Gasteiger partial charge >= 0.3 is 0 Å². The average Bonchev–Trinajstić information content (AvgIpc) is 3.24. The van der Waals surface area contributed by atoms with Crippen molar-refractivity contribution < 1.29 is 18.4 Å². The summed E-state index contributed by atoms with van der Waals surface area (Å²) < 4.78 is 29.1. The molecule has 1 aliphatic rings. The largest absolute Gasteiger partial charge is 0.347 e. The number of benzene rings is 1. The van der Waals surface area contributed by atoms with Gasteiger partial charge < -0.3 is 10.2 Å². The number of nitrogens with one attached hydrogen (secondary N) is 1. The Morgan fingerprint density at radius 3 is 2.68 bits per heavy atom. The molecule has 1 atom stereocenters. The van der Waals surface area contributed by atoms with E-state index in [0.29, 0.717) is 6.54 Å². The Morgan fingerprint density at radius 1 is 1.29 bits per heavy atom. The van der Waals surface area contributed by atoms with Crippen LogP contribution < -0.4 is 5.32 Å². The number of hydrogen-bond acceptors (Lipinski definition) is 4. The zero-order chi connectivity index (χ0) is 20.3. The van der Waals surface area contributed by atoms with Crippen molar-refractivity contribution in [2.45, 2.75) is 45.3 Å². The van der Waals surface area contributed by atoms with E-state index in [1.807, 2.05) is 30.3 Å². The maximum Gasteiger partial charge on any atom is 0.273 e. The summed E-state index contributed by atoms with van der Waals surface area (Å²) in [6.07, 6.45) is 0.982. The van der Waals surface area contributed by atoms with Crippen LogP contribution in [0.25, 0.3) is 0 Å². The molecule has 9 heteroatoms. The molecule has 3 rings (SSSR count). The second kappa shape index (κ2) is 8.04. The first kappa shape index (κ1) is 19.9. The fourth-order valence-corrected chi connectivity index (χ4v) is 3.23. The number of alkyl halides is 2. The first-order chi connectivity index (χ1) is 13.2. The molecule has 2 amide bonds. The molecule has 1 N–H and O–H groups in total. The maximum absolute atomic E-state index is 13.9. The number of rotatable bonds is 6. The van der Waals surface area contributed by atoms with E-state index in [4.69, 9.17) is 0 Å². The lowest BCUT2D eigenvalue weighted by Gasteiger charge is -2.25. The van der Waals surface area contributed by atoms with Crippen molar-refractivity contribution in [2.75, 3.05) is 6.54 Å². The van der Waals surface area contributed by atoms with Gasteiger partial charge in [-0.1, -0.05) is 49.4 Å². The Kier molecular flexibility index (Phi) is 5.71. The summed E-state index contributed by atoms with van der Waals surface area (Å²) in [5.41, 5.74) is 1.04. The SMILES string of the molecule is CC(C)C(=O)N1CC(F)(F)C[C@H]1Cn1cc(C(=O)NCc2ccccc2)nn1. The molecule has 1 aromatic carbocycles. The van der Waals surface area contributed by atoms with Crippen molar-refractivity contribution in [1.82, 2.24) is 25.2 Å². The lowest BCUT2D eigenvalue weighted by Crippen LogP contribution is -2.41. The van der Waals surface area contributed by atoms with Crippen LogP contribution in [0.1, 0.15) is 36.3 Å².